The number of nitrogens with zero attached hydrogens (tertiary/aromatic N) is 4. The highest BCUT2D eigenvalue weighted by Gasteiger charge is 2.07. The Morgan fingerprint density at radius 2 is 1.94 bits per heavy atom. The van der Waals surface area contributed by atoms with E-state index in [2.05, 4.69) is 28.1 Å². The first-order valence-corrected chi connectivity index (χ1v) is 5.79. The van der Waals surface area contributed by atoms with Gasteiger partial charge in [0.2, 0.25) is 0 Å². The van der Waals surface area contributed by atoms with Crippen LogP contribution >= 0.6 is 0 Å². The van der Waals surface area contributed by atoms with Crippen molar-refractivity contribution in [1.82, 2.24) is 9.55 Å². The fourth-order valence-corrected chi connectivity index (χ4v) is 1.87. The van der Waals surface area contributed by atoms with E-state index in [9.17, 15) is 0 Å². The maximum absolute atomic E-state index is 8.68. The number of aryl methyl sites for hydroxylation is 1. The van der Waals surface area contributed by atoms with Gasteiger partial charge in [-0.2, -0.15) is 5.26 Å². The molecule has 0 bridgehead atoms. The van der Waals surface area contributed by atoms with Crippen LogP contribution < -0.4 is 4.90 Å². The summed E-state index contributed by atoms with van der Waals surface area (Å²) in [6.07, 6.45) is 2.25. The largest absolute Gasteiger partial charge is 0.378 e. The number of benzene rings is 1. The van der Waals surface area contributed by atoms with Crippen molar-refractivity contribution in [3.05, 3.63) is 36.2 Å². The third-order valence-corrected chi connectivity index (χ3v) is 2.83. The molecule has 1 aromatic carbocycles. The zero-order chi connectivity index (χ0) is 13.1. The Morgan fingerprint density at radius 1 is 1.28 bits per heavy atom. The first kappa shape index (κ1) is 12.2. The normalized spacial score (nSPS) is 10.1. The van der Waals surface area contributed by atoms with Crippen molar-refractivity contribution in [2.24, 2.45) is 7.05 Å². The third-order valence-electron chi connectivity index (χ3n) is 2.83. The predicted octanol–water partition coefficient (Wildman–Crippen LogP) is 2.22. The molecule has 0 amide bonds. The molecule has 0 N–H and O–H groups in total. The maximum atomic E-state index is 8.68. The molecule has 0 radical (unpaired) electrons. The van der Waals surface area contributed by atoms with E-state index in [1.807, 2.05) is 44.0 Å². The Bertz CT molecular complexity index is 573. The van der Waals surface area contributed by atoms with Crippen molar-refractivity contribution >= 4 is 5.69 Å². The highest BCUT2D eigenvalue weighted by molar-refractivity contribution is 5.61. The molecule has 0 saturated carbocycles. The van der Waals surface area contributed by atoms with Gasteiger partial charge in [0.15, 0.2) is 0 Å². The number of rotatable bonds is 3. The van der Waals surface area contributed by atoms with Crippen molar-refractivity contribution in [3.63, 3.8) is 0 Å². The second-order valence-electron chi connectivity index (χ2n) is 4.44. The van der Waals surface area contributed by atoms with Crippen LogP contribution in [-0.2, 0) is 13.5 Å². The molecule has 1 aromatic heterocycles. The fraction of sp³-hybridized carbons (Fsp3) is 0.286. The maximum Gasteiger partial charge on any atom is 0.140 e. The van der Waals surface area contributed by atoms with Crippen LogP contribution in [0.25, 0.3) is 11.4 Å². The van der Waals surface area contributed by atoms with E-state index in [0.29, 0.717) is 6.42 Å². The second kappa shape index (κ2) is 4.92. The summed E-state index contributed by atoms with van der Waals surface area (Å²) in [6, 6.07) is 10.3. The van der Waals surface area contributed by atoms with Crippen LogP contribution in [0.1, 0.15) is 5.69 Å². The number of hydrogen-bond acceptors (Lipinski definition) is 3. The average molecular weight is 240 g/mol. The van der Waals surface area contributed by atoms with Crippen LogP contribution in [0.4, 0.5) is 5.69 Å². The van der Waals surface area contributed by atoms with Gasteiger partial charge in [-0.3, -0.25) is 0 Å². The zero-order valence-corrected chi connectivity index (χ0v) is 10.9. The van der Waals surface area contributed by atoms with E-state index in [1.165, 1.54) is 0 Å². The molecule has 1 heterocycles. The molecular formula is C14H16N4. The van der Waals surface area contributed by atoms with E-state index in [-0.39, 0.29) is 0 Å². The summed E-state index contributed by atoms with van der Waals surface area (Å²) in [5, 5.41) is 8.68. The first-order chi connectivity index (χ1) is 8.61. The van der Waals surface area contributed by atoms with Gasteiger partial charge in [0.25, 0.3) is 0 Å². The minimum absolute atomic E-state index is 0.351. The highest BCUT2D eigenvalue weighted by atomic mass is 15.1. The lowest BCUT2D eigenvalue weighted by Crippen LogP contribution is -2.08. The molecule has 18 heavy (non-hydrogen) atoms. The molecule has 0 aliphatic rings. The van der Waals surface area contributed by atoms with Crippen LogP contribution in [0.3, 0.4) is 0 Å². The van der Waals surface area contributed by atoms with E-state index in [4.69, 9.17) is 5.26 Å². The summed E-state index contributed by atoms with van der Waals surface area (Å²) >= 11 is 0. The van der Waals surface area contributed by atoms with Crippen molar-refractivity contribution in [3.8, 4) is 17.5 Å². The Hall–Kier alpha value is -2.28. The van der Waals surface area contributed by atoms with E-state index in [1.54, 1.807) is 0 Å². The van der Waals surface area contributed by atoms with Crippen LogP contribution in [0.15, 0.2) is 30.5 Å². The minimum Gasteiger partial charge on any atom is -0.378 e. The summed E-state index contributed by atoms with van der Waals surface area (Å²) in [5.41, 5.74) is 3.03. The molecular weight excluding hydrogens is 224 g/mol. The van der Waals surface area contributed by atoms with Gasteiger partial charge < -0.3 is 9.47 Å². The zero-order valence-electron chi connectivity index (χ0n) is 10.9. The van der Waals surface area contributed by atoms with Gasteiger partial charge in [0, 0.05) is 38.6 Å². The summed E-state index contributed by atoms with van der Waals surface area (Å²) in [5.74, 6) is 0.894. The van der Waals surface area contributed by atoms with Crippen LogP contribution in [-0.4, -0.2) is 23.6 Å². The van der Waals surface area contributed by atoms with Crippen molar-refractivity contribution < 1.29 is 0 Å². The SMILES string of the molecule is CN(C)c1ccc(-c2nc(CC#N)cn2C)cc1. The molecule has 0 aliphatic heterocycles. The molecule has 0 aliphatic carbocycles. The molecule has 2 aromatic rings. The summed E-state index contributed by atoms with van der Waals surface area (Å²) < 4.78 is 1.96. The van der Waals surface area contributed by atoms with E-state index < -0.39 is 0 Å². The topological polar surface area (TPSA) is 44.9 Å². The number of imidazole rings is 1. The van der Waals surface area contributed by atoms with E-state index in [0.717, 1.165) is 22.8 Å². The summed E-state index contributed by atoms with van der Waals surface area (Å²) in [4.78, 5) is 6.53. The van der Waals surface area contributed by atoms with Gasteiger partial charge in [0.05, 0.1) is 18.2 Å². The number of anilines is 1. The number of nitriles is 1. The molecule has 4 nitrogen and oxygen atoms in total. The molecule has 0 atom stereocenters. The van der Waals surface area contributed by atoms with Crippen molar-refractivity contribution in [2.75, 3.05) is 19.0 Å². The lowest BCUT2D eigenvalue weighted by molar-refractivity contribution is 0.923. The number of hydrogen-bond donors (Lipinski definition) is 0. The Balaban J connectivity index is 2.34. The molecule has 0 fully saturated rings. The van der Waals surface area contributed by atoms with Gasteiger partial charge in [-0.25, -0.2) is 4.98 Å². The lowest BCUT2D eigenvalue weighted by atomic mass is 10.2. The fourth-order valence-electron chi connectivity index (χ4n) is 1.87. The van der Waals surface area contributed by atoms with Crippen LogP contribution in [0, 0.1) is 11.3 Å². The van der Waals surface area contributed by atoms with Gasteiger partial charge in [0.1, 0.15) is 5.82 Å². The van der Waals surface area contributed by atoms with Gasteiger partial charge in [-0.1, -0.05) is 0 Å². The molecule has 0 saturated heterocycles. The number of aromatic nitrogens is 2. The highest BCUT2D eigenvalue weighted by Crippen LogP contribution is 2.21. The quantitative estimate of drug-likeness (QED) is 0.826. The monoisotopic (exact) mass is 240 g/mol. The predicted molar refractivity (Wildman–Crippen MR) is 72.3 cm³/mol. The van der Waals surface area contributed by atoms with Crippen molar-refractivity contribution in [1.29, 1.82) is 5.26 Å². The molecule has 0 spiro atoms. The molecule has 4 heteroatoms. The molecule has 0 unspecified atom stereocenters. The van der Waals surface area contributed by atoms with Crippen LogP contribution in [0.5, 0.6) is 0 Å². The lowest BCUT2D eigenvalue weighted by Gasteiger charge is -2.12. The molecule has 2 rings (SSSR count). The first-order valence-electron chi connectivity index (χ1n) is 5.79. The van der Waals surface area contributed by atoms with Gasteiger partial charge in [-0.05, 0) is 24.3 Å². The third kappa shape index (κ3) is 2.35. The van der Waals surface area contributed by atoms with Gasteiger partial charge in [-0.15, -0.1) is 0 Å². The summed E-state index contributed by atoms with van der Waals surface area (Å²) in [7, 11) is 5.98. The standard InChI is InChI=1S/C14H16N4/c1-17(2)13-6-4-11(5-7-13)14-16-12(8-9-15)10-18(14)3/h4-7,10H,8H2,1-3H3. The Kier molecular flexibility index (Phi) is 3.33. The average Bonchev–Trinajstić information content (AvgIpc) is 2.71. The Labute approximate surface area is 107 Å². The second-order valence-corrected chi connectivity index (χ2v) is 4.44. The smallest absolute Gasteiger partial charge is 0.140 e. The van der Waals surface area contributed by atoms with E-state index >= 15 is 0 Å². The summed E-state index contributed by atoms with van der Waals surface area (Å²) in [6.45, 7) is 0. The van der Waals surface area contributed by atoms with Gasteiger partial charge >= 0.3 is 0 Å². The Morgan fingerprint density at radius 3 is 2.50 bits per heavy atom. The van der Waals surface area contributed by atoms with Crippen molar-refractivity contribution in [2.45, 2.75) is 6.42 Å². The van der Waals surface area contributed by atoms with Crippen LogP contribution in [0.2, 0.25) is 0 Å². The molecule has 92 valence electrons. The minimum atomic E-state index is 0.351.